The third-order valence-electron chi connectivity index (χ3n) is 3.05. The Bertz CT molecular complexity index is 343. The molecule has 2 amide bonds. The summed E-state index contributed by atoms with van der Waals surface area (Å²) < 4.78 is 0. The van der Waals surface area contributed by atoms with Crippen LogP contribution in [0.25, 0.3) is 0 Å². The number of hydrogen-bond acceptors (Lipinski definition) is 3. The molecule has 18 heavy (non-hydrogen) atoms. The van der Waals surface area contributed by atoms with E-state index in [1.54, 1.807) is 18.9 Å². The lowest BCUT2D eigenvalue weighted by atomic mass is 10.0. The second kappa shape index (κ2) is 6.37. The summed E-state index contributed by atoms with van der Waals surface area (Å²) in [5.74, 6) is -1.11. The number of likely N-dealkylation sites (tertiary alicyclic amines) is 1. The van der Waals surface area contributed by atoms with Crippen LogP contribution in [0.4, 0.5) is 0 Å². The van der Waals surface area contributed by atoms with Crippen molar-refractivity contribution in [3.63, 3.8) is 0 Å². The predicted molar refractivity (Wildman–Crippen MR) is 64.8 cm³/mol. The molecule has 0 aromatic heterocycles. The molecule has 0 aliphatic carbocycles. The molecule has 1 saturated heterocycles. The lowest BCUT2D eigenvalue weighted by Gasteiger charge is -2.30. The Kier molecular flexibility index (Phi) is 5.12. The van der Waals surface area contributed by atoms with Gasteiger partial charge in [0.05, 0.1) is 0 Å². The fourth-order valence-corrected chi connectivity index (χ4v) is 2.10. The Morgan fingerprint density at radius 1 is 1.50 bits per heavy atom. The normalized spacial score (nSPS) is 21.6. The number of carboxylic acids is 1. The molecule has 2 N–H and O–H groups in total. The van der Waals surface area contributed by atoms with Crippen LogP contribution in [-0.4, -0.2) is 47.4 Å². The molecule has 2 unspecified atom stereocenters. The summed E-state index contributed by atoms with van der Waals surface area (Å²) in [5, 5.41) is 11.5. The molecule has 102 valence electrons. The van der Waals surface area contributed by atoms with Gasteiger partial charge in [-0.15, -0.1) is 0 Å². The van der Waals surface area contributed by atoms with Gasteiger partial charge in [-0.05, 0) is 12.3 Å². The molecular weight excluding hydrogens is 236 g/mol. The molecular formula is C12H20N2O4. The molecule has 1 aliphatic heterocycles. The average Bonchev–Trinajstić information content (AvgIpc) is 2.21. The van der Waals surface area contributed by atoms with E-state index in [-0.39, 0.29) is 36.6 Å². The van der Waals surface area contributed by atoms with E-state index in [1.807, 2.05) is 0 Å². The fourth-order valence-electron chi connectivity index (χ4n) is 2.10. The number of aliphatic carboxylic acids is 1. The van der Waals surface area contributed by atoms with Crippen LogP contribution in [0.15, 0.2) is 0 Å². The standard InChI is InChI=1S/C12H20N2O4/c1-8(6-12(17)18)5-10(15)13-9-3-4-11(16)14(2)7-9/h8-9H,3-7H2,1-2H3,(H,13,15)(H,17,18). The molecule has 0 bridgehead atoms. The molecule has 1 heterocycles. The van der Waals surface area contributed by atoms with Crippen molar-refractivity contribution in [1.82, 2.24) is 10.2 Å². The van der Waals surface area contributed by atoms with Gasteiger partial charge < -0.3 is 15.3 Å². The maximum atomic E-state index is 11.7. The minimum atomic E-state index is -0.890. The number of rotatable bonds is 5. The first-order chi connectivity index (χ1) is 8.38. The number of carboxylic acid groups (broad SMARTS) is 1. The summed E-state index contributed by atoms with van der Waals surface area (Å²) in [7, 11) is 1.72. The van der Waals surface area contributed by atoms with E-state index in [1.165, 1.54) is 0 Å². The molecule has 2 atom stereocenters. The zero-order valence-corrected chi connectivity index (χ0v) is 10.8. The number of hydrogen-bond donors (Lipinski definition) is 2. The monoisotopic (exact) mass is 256 g/mol. The highest BCUT2D eigenvalue weighted by atomic mass is 16.4. The maximum absolute atomic E-state index is 11.7. The number of likely N-dealkylation sites (N-methyl/N-ethyl adjacent to an activating group) is 1. The SMILES string of the molecule is CC(CC(=O)O)CC(=O)NC1CCC(=O)N(C)C1. The van der Waals surface area contributed by atoms with Crippen LogP contribution in [-0.2, 0) is 14.4 Å². The first kappa shape index (κ1) is 14.5. The van der Waals surface area contributed by atoms with Crippen molar-refractivity contribution in [2.75, 3.05) is 13.6 Å². The highest BCUT2D eigenvalue weighted by Crippen LogP contribution is 2.11. The number of piperidine rings is 1. The summed E-state index contributed by atoms with van der Waals surface area (Å²) in [6, 6.07) is -0.0165. The third-order valence-corrected chi connectivity index (χ3v) is 3.05. The predicted octanol–water partition coefficient (Wildman–Crippen LogP) is 0.224. The summed E-state index contributed by atoms with van der Waals surface area (Å²) in [6.07, 6.45) is 1.31. The van der Waals surface area contributed by atoms with Crippen LogP contribution >= 0.6 is 0 Å². The van der Waals surface area contributed by atoms with Gasteiger partial charge in [-0.1, -0.05) is 6.92 Å². The van der Waals surface area contributed by atoms with E-state index >= 15 is 0 Å². The van der Waals surface area contributed by atoms with Gasteiger partial charge in [-0.25, -0.2) is 0 Å². The Morgan fingerprint density at radius 3 is 2.72 bits per heavy atom. The fraction of sp³-hybridized carbons (Fsp3) is 0.750. The first-order valence-corrected chi connectivity index (χ1v) is 6.13. The van der Waals surface area contributed by atoms with Crippen LogP contribution in [0, 0.1) is 5.92 Å². The lowest BCUT2D eigenvalue weighted by molar-refractivity contribution is -0.138. The van der Waals surface area contributed by atoms with Gasteiger partial charge in [0, 0.05) is 38.9 Å². The minimum absolute atomic E-state index is 0.00350. The van der Waals surface area contributed by atoms with Crippen LogP contribution in [0.3, 0.4) is 0 Å². The van der Waals surface area contributed by atoms with Crippen LogP contribution in [0.2, 0.25) is 0 Å². The van der Waals surface area contributed by atoms with Crippen molar-refractivity contribution in [2.24, 2.45) is 5.92 Å². The van der Waals surface area contributed by atoms with Gasteiger partial charge in [0.2, 0.25) is 11.8 Å². The summed E-state index contributed by atoms with van der Waals surface area (Å²) >= 11 is 0. The van der Waals surface area contributed by atoms with Crippen molar-refractivity contribution >= 4 is 17.8 Å². The van der Waals surface area contributed by atoms with Crippen molar-refractivity contribution in [3.05, 3.63) is 0 Å². The molecule has 1 fully saturated rings. The molecule has 6 nitrogen and oxygen atoms in total. The Hall–Kier alpha value is -1.59. The second-order valence-corrected chi connectivity index (χ2v) is 4.98. The molecule has 1 rings (SSSR count). The van der Waals surface area contributed by atoms with Crippen LogP contribution in [0.5, 0.6) is 0 Å². The Balaban J connectivity index is 2.32. The highest BCUT2D eigenvalue weighted by molar-refractivity contribution is 5.79. The number of nitrogens with one attached hydrogen (secondary N) is 1. The quantitative estimate of drug-likeness (QED) is 0.737. The largest absolute Gasteiger partial charge is 0.481 e. The maximum Gasteiger partial charge on any atom is 0.303 e. The smallest absolute Gasteiger partial charge is 0.303 e. The molecule has 0 spiro atoms. The van der Waals surface area contributed by atoms with Gasteiger partial charge >= 0.3 is 5.97 Å². The van der Waals surface area contributed by atoms with E-state index in [0.29, 0.717) is 19.4 Å². The Morgan fingerprint density at radius 2 is 2.17 bits per heavy atom. The second-order valence-electron chi connectivity index (χ2n) is 4.98. The van der Waals surface area contributed by atoms with Crippen molar-refractivity contribution in [3.8, 4) is 0 Å². The van der Waals surface area contributed by atoms with Crippen molar-refractivity contribution in [2.45, 2.75) is 38.6 Å². The summed E-state index contributed by atoms with van der Waals surface area (Å²) in [5.41, 5.74) is 0. The highest BCUT2D eigenvalue weighted by Gasteiger charge is 2.24. The van der Waals surface area contributed by atoms with Gasteiger partial charge in [-0.3, -0.25) is 14.4 Å². The van der Waals surface area contributed by atoms with Crippen LogP contribution < -0.4 is 5.32 Å². The molecule has 1 aliphatic rings. The number of carbonyl (C=O) groups is 3. The molecule has 0 aromatic carbocycles. The van der Waals surface area contributed by atoms with E-state index in [0.717, 1.165) is 0 Å². The zero-order valence-electron chi connectivity index (χ0n) is 10.8. The number of amides is 2. The number of carbonyl (C=O) groups excluding carboxylic acids is 2. The van der Waals surface area contributed by atoms with E-state index in [9.17, 15) is 14.4 Å². The third kappa shape index (κ3) is 4.73. The van der Waals surface area contributed by atoms with Crippen LogP contribution in [0.1, 0.15) is 32.6 Å². The minimum Gasteiger partial charge on any atom is -0.481 e. The zero-order chi connectivity index (χ0) is 13.7. The molecule has 0 saturated carbocycles. The topological polar surface area (TPSA) is 86.7 Å². The van der Waals surface area contributed by atoms with E-state index < -0.39 is 5.97 Å². The van der Waals surface area contributed by atoms with Gasteiger partial charge in [0.1, 0.15) is 0 Å². The molecule has 6 heteroatoms. The van der Waals surface area contributed by atoms with Crippen molar-refractivity contribution < 1.29 is 19.5 Å². The first-order valence-electron chi connectivity index (χ1n) is 6.13. The summed E-state index contributed by atoms with van der Waals surface area (Å²) in [4.78, 5) is 35.0. The summed E-state index contributed by atoms with van der Waals surface area (Å²) in [6.45, 7) is 2.27. The van der Waals surface area contributed by atoms with Gasteiger partial charge in [0.15, 0.2) is 0 Å². The van der Waals surface area contributed by atoms with Gasteiger partial charge in [0.25, 0.3) is 0 Å². The van der Waals surface area contributed by atoms with E-state index in [4.69, 9.17) is 5.11 Å². The molecule has 0 radical (unpaired) electrons. The number of nitrogens with zero attached hydrogens (tertiary/aromatic N) is 1. The lowest BCUT2D eigenvalue weighted by Crippen LogP contribution is -2.48. The average molecular weight is 256 g/mol. The molecule has 0 aromatic rings. The van der Waals surface area contributed by atoms with Crippen molar-refractivity contribution in [1.29, 1.82) is 0 Å². The van der Waals surface area contributed by atoms with Gasteiger partial charge in [-0.2, -0.15) is 0 Å². The Labute approximate surface area is 106 Å². The van der Waals surface area contributed by atoms with E-state index in [2.05, 4.69) is 5.32 Å².